The van der Waals surface area contributed by atoms with Gasteiger partial charge < -0.3 is 10.1 Å². The Kier molecular flexibility index (Phi) is 5.94. The first-order valence-electron chi connectivity index (χ1n) is 11.2. The van der Waals surface area contributed by atoms with Crippen molar-refractivity contribution in [2.24, 2.45) is 10.9 Å². The van der Waals surface area contributed by atoms with Crippen LogP contribution in [-0.2, 0) is 0 Å². The molecule has 0 fully saturated rings. The molecular weight excluding hydrogens is 428 g/mol. The van der Waals surface area contributed by atoms with Gasteiger partial charge in [0.05, 0.1) is 11.7 Å². The van der Waals surface area contributed by atoms with Crippen LogP contribution in [0.25, 0.3) is 0 Å². The highest BCUT2D eigenvalue weighted by molar-refractivity contribution is 6.30. The molecule has 3 aromatic rings. The van der Waals surface area contributed by atoms with E-state index in [0.29, 0.717) is 22.6 Å². The van der Waals surface area contributed by atoms with Crippen LogP contribution < -0.4 is 10.1 Å². The molecular formula is C29H25ClN2O. The second kappa shape index (κ2) is 9.17. The second-order valence-electron chi connectivity index (χ2n) is 8.59. The Morgan fingerprint density at radius 2 is 2.00 bits per heavy atom. The lowest BCUT2D eigenvalue weighted by Crippen LogP contribution is -2.29. The minimum atomic E-state index is 0.200. The van der Waals surface area contributed by atoms with Gasteiger partial charge in [0, 0.05) is 28.4 Å². The van der Waals surface area contributed by atoms with E-state index in [1.165, 1.54) is 22.4 Å². The molecule has 1 aliphatic heterocycles. The molecule has 0 aromatic heterocycles. The molecule has 0 saturated heterocycles. The number of halogens is 1. The molecule has 1 aliphatic carbocycles. The number of anilines is 1. The fourth-order valence-electron chi connectivity index (χ4n) is 4.83. The van der Waals surface area contributed by atoms with Gasteiger partial charge in [-0.3, -0.25) is 4.99 Å². The van der Waals surface area contributed by atoms with E-state index >= 15 is 0 Å². The van der Waals surface area contributed by atoms with Gasteiger partial charge >= 0.3 is 0 Å². The monoisotopic (exact) mass is 452 g/mol. The van der Waals surface area contributed by atoms with E-state index in [9.17, 15) is 0 Å². The minimum Gasteiger partial charge on any atom is -0.480 e. The van der Waals surface area contributed by atoms with Crippen molar-refractivity contribution in [3.05, 3.63) is 100 Å². The summed E-state index contributed by atoms with van der Waals surface area (Å²) in [5.74, 6) is 4.14. The van der Waals surface area contributed by atoms with Crippen LogP contribution in [0.4, 0.5) is 11.4 Å². The Morgan fingerprint density at radius 1 is 1.15 bits per heavy atom. The van der Waals surface area contributed by atoms with Crippen molar-refractivity contribution in [2.75, 3.05) is 11.9 Å². The molecule has 5 rings (SSSR count). The highest BCUT2D eigenvalue weighted by Crippen LogP contribution is 2.50. The SMILES string of the molecule is C#CCOc1ccc(Cl)cc1C=Nc1ccc([C@@H]2Nc3ccc(C)cc3[C@H]3C=CC[C@@H]32)cc1. The molecule has 3 atom stereocenters. The molecule has 3 nitrogen and oxygen atoms in total. The summed E-state index contributed by atoms with van der Waals surface area (Å²) in [5.41, 5.74) is 6.90. The van der Waals surface area contributed by atoms with E-state index in [4.69, 9.17) is 22.8 Å². The lowest BCUT2D eigenvalue weighted by molar-refractivity contribution is 0.370. The van der Waals surface area contributed by atoms with E-state index in [2.05, 4.69) is 77.8 Å². The summed E-state index contributed by atoms with van der Waals surface area (Å²) in [5, 5.41) is 4.42. The topological polar surface area (TPSA) is 33.6 Å². The molecule has 1 N–H and O–H groups in total. The van der Waals surface area contributed by atoms with Gasteiger partial charge in [-0.25, -0.2) is 0 Å². The van der Waals surface area contributed by atoms with Crippen LogP contribution in [-0.4, -0.2) is 12.8 Å². The van der Waals surface area contributed by atoms with Crippen LogP contribution in [0.5, 0.6) is 5.75 Å². The average molecular weight is 453 g/mol. The third-order valence-corrected chi connectivity index (χ3v) is 6.64. The van der Waals surface area contributed by atoms with E-state index in [1.54, 1.807) is 12.3 Å². The van der Waals surface area contributed by atoms with E-state index in [1.807, 2.05) is 12.1 Å². The maximum Gasteiger partial charge on any atom is 0.148 e. The lowest BCUT2D eigenvalue weighted by atomic mass is 9.76. The number of fused-ring (bicyclic) bond motifs is 3. The molecule has 1 heterocycles. The molecule has 0 amide bonds. The highest BCUT2D eigenvalue weighted by Gasteiger charge is 2.37. The van der Waals surface area contributed by atoms with Crippen molar-refractivity contribution in [3.8, 4) is 18.1 Å². The number of ether oxygens (including phenoxy) is 1. The predicted molar refractivity (Wildman–Crippen MR) is 137 cm³/mol. The van der Waals surface area contributed by atoms with Crippen LogP contribution in [0.3, 0.4) is 0 Å². The fraction of sp³-hybridized carbons (Fsp3) is 0.207. The van der Waals surface area contributed by atoms with Gasteiger partial charge in [0.15, 0.2) is 0 Å². The van der Waals surface area contributed by atoms with Crippen LogP contribution in [0, 0.1) is 25.2 Å². The zero-order valence-electron chi connectivity index (χ0n) is 18.5. The van der Waals surface area contributed by atoms with Gasteiger partial charge in [0.1, 0.15) is 12.4 Å². The molecule has 4 heteroatoms. The molecule has 3 aromatic carbocycles. The summed E-state index contributed by atoms with van der Waals surface area (Å²) < 4.78 is 5.60. The molecule has 0 radical (unpaired) electrons. The summed E-state index contributed by atoms with van der Waals surface area (Å²) in [6, 6.07) is 20.9. The molecule has 0 unspecified atom stereocenters. The maximum absolute atomic E-state index is 6.16. The van der Waals surface area contributed by atoms with E-state index in [-0.39, 0.29) is 12.6 Å². The maximum atomic E-state index is 6.16. The van der Waals surface area contributed by atoms with Crippen molar-refractivity contribution in [3.63, 3.8) is 0 Å². The van der Waals surface area contributed by atoms with Crippen LogP contribution in [0.1, 0.15) is 40.6 Å². The first-order valence-corrected chi connectivity index (χ1v) is 11.5. The molecule has 2 aliphatic rings. The van der Waals surface area contributed by atoms with Crippen molar-refractivity contribution in [2.45, 2.75) is 25.3 Å². The van der Waals surface area contributed by atoms with Gasteiger partial charge in [-0.05, 0) is 66.8 Å². The van der Waals surface area contributed by atoms with Crippen molar-refractivity contribution in [1.82, 2.24) is 0 Å². The zero-order valence-corrected chi connectivity index (χ0v) is 19.2. The largest absolute Gasteiger partial charge is 0.480 e. The van der Waals surface area contributed by atoms with Crippen LogP contribution >= 0.6 is 11.6 Å². The average Bonchev–Trinajstić information content (AvgIpc) is 3.32. The molecule has 164 valence electrons. The summed E-state index contributed by atoms with van der Waals surface area (Å²) in [6.45, 7) is 2.36. The van der Waals surface area contributed by atoms with Crippen LogP contribution in [0.2, 0.25) is 5.02 Å². The van der Waals surface area contributed by atoms with E-state index < -0.39 is 0 Å². The summed E-state index contributed by atoms with van der Waals surface area (Å²) in [7, 11) is 0. The first kappa shape index (κ1) is 21.4. The number of hydrogen-bond donors (Lipinski definition) is 1. The second-order valence-corrected chi connectivity index (χ2v) is 9.03. The number of rotatable bonds is 5. The van der Waals surface area contributed by atoms with Gasteiger partial charge in [-0.2, -0.15) is 0 Å². The Labute approximate surface area is 200 Å². The van der Waals surface area contributed by atoms with Gasteiger partial charge in [-0.15, -0.1) is 6.42 Å². The quantitative estimate of drug-likeness (QED) is 0.251. The minimum absolute atomic E-state index is 0.200. The Morgan fingerprint density at radius 3 is 2.82 bits per heavy atom. The van der Waals surface area contributed by atoms with Crippen molar-refractivity contribution < 1.29 is 4.74 Å². The van der Waals surface area contributed by atoms with E-state index in [0.717, 1.165) is 17.7 Å². The van der Waals surface area contributed by atoms with Gasteiger partial charge in [0.2, 0.25) is 0 Å². The number of aliphatic imine (C=N–C) groups is 1. The lowest BCUT2D eigenvalue weighted by Gasteiger charge is -2.37. The number of aryl methyl sites for hydroxylation is 1. The first-order chi connectivity index (χ1) is 16.1. The van der Waals surface area contributed by atoms with Gasteiger partial charge in [0.25, 0.3) is 0 Å². The molecule has 0 saturated carbocycles. The highest BCUT2D eigenvalue weighted by atomic mass is 35.5. The zero-order chi connectivity index (χ0) is 22.8. The number of nitrogens with one attached hydrogen (secondary N) is 1. The fourth-order valence-corrected chi connectivity index (χ4v) is 5.01. The normalized spacial score (nSPS) is 20.7. The third kappa shape index (κ3) is 4.40. The molecule has 33 heavy (non-hydrogen) atoms. The van der Waals surface area contributed by atoms with Gasteiger partial charge in [-0.1, -0.05) is 59.5 Å². The number of terminal acetylenes is 1. The summed E-state index contributed by atoms with van der Waals surface area (Å²) >= 11 is 6.16. The Balaban J connectivity index is 1.37. The standard InChI is InChI=1S/C29H25ClN2O/c1-3-15-33-28-14-10-22(30)17-21(28)18-31-23-11-8-20(9-12-23)29-25-6-4-5-24(25)26-16-19(2)7-13-27(26)32-29/h1,4-5,7-14,16-18,24-25,29,32H,6,15H2,2H3/t24-,25-,29-/m0/s1. The number of nitrogens with zero attached hydrogens (tertiary/aromatic N) is 1. The molecule has 0 bridgehead atoms. The smallest absolute Gasteiger partial charge is 0.148 e. The predicted octanol–water partition coefficient (Wildman–Crippen LogP) is 7.24. The Hall–Kier alpha value is -3.48. The number of benzene rings is 3. The third-order valence-electron chi connectivity index (χ3n) is 6.41. The van der Waals surface area contributed by atoms with Crippen molar-refractivity contribution in [1.29, 1.82) is 0 Å². The summed E-state index contributed by atoms with van der Waals surface area (Å²) in [4.78, 5) is 4.64. The van der Waals surface area contributed by atoms with Crippen molar-refractivity contribution >= 4 is 29.2 Å². The summed E-state index contributed by atoms with van der Waals surface area (Å²) in [6.07, 6.45) is 12.9. The van der Waals surface area contributed by atoms with Crippen LogP contribution in [0.15, 0.2) is 77.8 Å². The molecule has 0 spiro atoms. The number of hydrogen-bond acceptors (Lipinski definition) is 3. The number of allylic oxidation sites excluding steroid dienone is 2. The Bertz CT molecular complexity index is 1270.